The molecule has 0 atom stereocenters. The van der Waals surface area contributed by atoms with E-state index in [9.17, 15) is 4.79 Å². The van der Waals surface area contributed by atoms with Gasteiger partial charge in [0.15, 0.2) is 0 Å². The molecule has 2 saturated carbocycles. The molecular formula is C13H20O. The fourth-order valence-electron chi connectivity index (χ4n) is 3.22. The van der Waals surface area contributed by atoms with Crippen LogP contribution in [0, 0.1) is 10.8 Å². The highest BCUT2D eigenvalue weighted by atomic mass is 16.1. The van der Waals surface area contributed by atoms with Gasteiger partial charge in [0.25, 0.3) is 0 Å². The molecule has 2 rings (SSSR count). The Kier molecular flexibility index (Phi) is 2.09. The zero-order chi connectivity index (χ0) is 10.4. The maximum Gasteiger partial charge on any atom is 0.143 e. The Hall–Kier alpha value is -0.590. The molecule has 0 aliphatic heterocycles. The third-order valence-electron chi connectivity index (χ3n) is 4.00. The lowest BCUT2D eigenvalue weighted by atomic mass is 9.61. The summed E-state index contributed by atoms with van der Waals surface area (Å²) in [5.41, 5.74) is 1.29. The third kappa shape index (κ3) is 1.34. The number of carbonyl (C=O) groups excluding carboxylic acids is 1. The van der Waals surface area contributed by atoms with E-state index in [1.807, 2.05) is 0 Å². The molecule has 1 nitrogen and oxygen atoms in total. The molecule has 1 heteroatoms. The van der Waals surface area contributed by atoms with Gasteiger partial charge in [0.2, 0.25) is 0 Å². The van der Waals surface area contributed by atoms with E-state index in [1.54, 1.807) is 0 Å². The highest BCUT2D eigenvalue weighted by Crippen LogP contribution is 2.53. The van der Waals surface area contributed by atoms with Crippen LogP contribution in [-0.2, 0) is 4.79 Å². The van der Waals surface area contributed by atoms with E-state index in [4.69, 9.17) is 0 Å². The Morgan fingerprint density at radius 2 is 1.71 bits per heavy atom. The van der Waals surface area contributed by atoms with E-state index >= 15 is 0 Å². The van der Waals surface area contributed by atoms with Crippen molar-refractivity contribution in [2.75, 3.05) is 0 Å². The Morgan fingerprint density at radius 1 is 1.14 bits per heavy atom. The topological polar surface area (TPSA) is 17.1 Å². The highest BCUT2D eigenvalue weighted by Gasteiger charge is 2.48. The van der Waals surface area contributed by atoms with Gasteiger partial charge in [-0.05, 0) is 24.7 Å². The van der Waals surface area contributed by atoms with Crippen molar-refractivity contribution in [2.45, 2.75) is 52.4 Å². The molecule has 0 aromatic rings. The average molecular weight is 192 g/mol. The summed E-state index contributed by atoms with van der Waals surface area (Å²) < 4.78 is 0. The van der Waals surface area contributed by atoms with E-state index in [0.29, 0.717) is 5.78 Å². The molecule has 0 saturated heterocycles. The van der Waals surface area contributed by atoms with Crippen LogP contribution in [0.5, 0.6) is 0 Å². The minimum absolute atomic E-state index is 0.0878. The molecule has 0 aromatic carbocycles. The molecule has 78 valence electrons. The van der Waals surface area contributed by atoms with Gasteiger partial charge in [0, 0.05) is 11.8 Å². The van der Waals surface area contributed by atoms with Crippen LogP contribution in [0.25, 0.3) is 0 Å². The zero-order valence-electron chi connectivity index (χ0n) is 9.36. The van der Waals surface area contributed by atoms with Crippen molar-refractivity contribution in [1.82, 2.24) is 0 Å². The second-order valence-electron chi connectivity index (χ2n) is 5.83. The molecule has 0 unspecified atom stereocenters. The van der Waals surface area contributed by atoms with Crippen LogP contribution in [0.1, 0.15) is 52.4 Å². The smallest absolute Gasteiger partial charge is 0.143 e. The van der Waals surface area contributed by atoms with Crippen LogP contribution < -0.4 is 0 Å². The first-order chi connectivity index (χ1) is 6.46. The van der Waals surface area contributed by atoms with Crippen LogP contribution in [-0.4, -0.2) is 5.78 Å². The maximum atomic E-state index is 12.2. The number of ketones is 1. The van der Waals surface area contributed by atoms with E-state index in [0.717, 1.165) is 25.7 Å². The van der Waals surface area contributed by atoms with Gasteiger partial charge in [-0.15, -0.1) is 0 Å². The predicted octanol–water partition coefficient (Wildman–Crippen LogP) is 3.49. The normalized spacial score (nSPS) is 29.9. The summed E-state index contributed by atoms with van der Waals surface area (Å²) in [6.45, 7) is 8.53. The Labute approximate surface area is 86.6 Å². The first-order valence-electron chi connectivity index (χ1n) is 5.68. The van der Waals surface area contributed by atoms with E-state index in [-0.39, 0.29) is 10.8 Å². The van der Waals surface area contributed by atoms with Crippen LogP contribution in [0.15, 0.2) is 12.2 Å². The van der Waals surface area contributed by atoms with Crippen molar-refractivity contribution >= 4 is 5.78 Å². The molecule has 0 bridgehead atoms. The quantitative estimate of drug-likeness (QED) is 0.537. The molecule has 0 heterocycles. The molecule has 0 radical (unpaired) electrons. The minimum Gasteiger partial charge on any atom is -0.299 e. The van der Waals surface area contributed by atoms with Gasteiger partial charge in [-0.1, -0.05) is 38.8 Å². The van der Waals surface area contributed by atoms with Gasteiger partial charge < -0.3 is 0 Å². The monoisotopic (exact) mass is 192 g/mol. The van der Waals surface area contributed by atoms with E-state index in [2.05, 4.69) is 20.4 Å². The van der Waals surface area contributed by atoms with Crippen LogP contribution >= 0.6 is 0 Å². The number of hydrogen-bond acceptors (Lipinski definition) is 1. The van der Waals surface area contributed by atoms with E-state index in [1.165, 1.54) is 18.4 Å². The van der Waals surface area contributed by atoms with Gasteiger partial charge >= 0.3 is 0 Å². The molecular weight excluding hydrogens is 172 g/mol. The summed E-state index contributed by atoms with van der Waals surface area (Å²) in [6, 6.07) is 0. The van der Waals surface area contributed by atoms with E-state index < -0.39 is 0 Å². The Bertz CT molecular complexity index is 258. The fourth-order valence-corrected chi connectivity index (χ4v) is 3.22. The first kappa shape index (κ1) is 9.95. The lowest BCUT2D eigenvalue weighted by Gasteiger charge is -2.42. The minimum atomic E-state index is -0.0878. The van der Waals surface area contributed by atoms with Gasteiger partial charge in [-0.3, -0.25) is 4.79 Å². The van der Waals surface area contributed by atoms with Crippen LogP contribution in [0.2, 0.25) is 0 Å². The summed E-state index contributed by atoms with van der Waals surface area (Å²) in [4.78, 5) is 12.2. The number of Topliss-reactive ketones (excluding diaryl/α,β-unsaturated/α-hetero) is 1. The summed E-state index contributed by atoms with van der Waals surface area (Å²) in [5, 5.41) is 0. The standard InChI is InChI=1S/C13H20O/c1-10-8-12(2,3)9-11(14)13(10)6-4-5-7-13/h1,4-9H2,2-3H3. The maximum absolute atomic E-state index is 12.2. The van der Waals surface area contributed by atoms with Crippen molar-refractivity contribution in [3.63, 3.8) is 0 Å². The zero-order valence-corrected chi connectivity index (χ0v) is 9.36. The molecule has 0 aromatic heterocycles. The number of allylic oxidation sites excluding steroid dienone is 1. The third-order valence-corrected chi connectivity index (χ3v) is 4.00. The molecule has 1 spiro atoms. The highest BCUT2D eigenvalue weighted by molar-refractivity contribution is 5.89. The van der Waals surface area contributed by atoms with Gasteiger partial charge in [-0.2, -0.15) is 0 Å². The first-order valence-corrected chi connectivity index (χ1v) is 5.68. The van der Waals surface area contributed by atoms with Crippen molar-refractivity contribution in [2.24, 2.45) is 10.8 Å². The van der Waals surface area contributed by atoms with Crippen molar-refractivity contribution < 1.29 is 4.79 Å². The summed E-state index contributed by atoms with van der Waals surface area (Å²) in [7, 11) is 0. The fraction of sp³-hybridized carbons (Fsp3) is 0.769. The summed E-state index contributed by atoms with van der Waals surface area (Å²) in [6.07, 6.45) is 6.36. The van der Waals surface area contributed by atoms with Crippen molar-refractivity contribution in [1.29, 1.82) is 0 Å². The molecule has 0 N–H and O–H groups in total. The van der Waals surface area contributed by atoms with Crippen molar-refractivity contribution in [3.05, 3.63) is 12.2 Å². The number of rotatable bonds is 0. The summed E-state index contributed by atoms with van der Waals surface area (Å²) >= 11 is 0. The van der Waals surface area contributed by atoms with Gasteiger partial charge in [-0.25, -0.2) is 0 Å². The second kappa shape index (κ2) is 2.95. The van der Waals surface area contributed by atoms with Crippen LogP contribution in [0.3, 0.4) is 0 Å². The van der Waals surface area contributed by atoms with Gasteiger partial charge in [0.1, 0.15) is 5.78 Å². The molecule has 0 amide bonds. The SMILES string of the molecule is C=C1CC(C)(C)CC(=O)C12CCCC2. The lowest BCUT2D eigenvalue weighted by Crippen LogP contribution is -2.39. The summed E-state index contributed by atoms with van der Waals surface area (Å²) in [5.74, 6) is 0.469. The largest absolute Gasteiger partial charge is 0.299 e. The molecule has 2 fully saturated rings. The Morgan fingerprint density at radius 3 is 2.21 bits per heavy atom. The number of carbonyl (C=O) groups is 1. The molecule has 2 aliphatic carbocycles. The average Bonchev–Trinajstić information content (AvgIpc) is 2.48. The second-order valence-corrected chi connectivity index (χ2v) is 5.83. The lowest BCUT2D eigenvalue weighted by molar-refractivity contribution is -0.130. The van der Waals surface area contributed by atoms with Crippen LogP contribution in [0.4, 0.5) is 0 Å². The van der Waals surface area contributed by atoms with Gasteiger partial charge in [0.05, 0.1) is 0 Å². The van der Waals surface area contributed by atoms with Crippen molar-refractivity contribution in [3.8, 4) is 0 Å². The predicted molar refractivity (Wildman–Crippen MR) is 58.1 cm³/mol. The number of hydrogen-bond donors (Lipinski definition) is 0. The molecule has 14 heavy (non-hydrogen) atoms. The Balaban J connectivity index is 2.28. The molecule has 2 aliphatic rings.